The van der Waals surface area contributed by atoms with Gasteiger partial charge in [-0.05, 0) is 29.7 Å². The van der Waals surface area contributed by atoms with Crippen LogP contribution in [0, 0.1) is 5.82 Å². The molecule has 0 unspecified atom stereocenters. The van der Waals surface area contributed by atoms with Gasteiger partial charge in [-0.1, -0.05) is 42.5 Å². The third-order valence-corrected chi connectivity index (χ3v) is 4.27. The van der Waals surface area contributed by atoms with E-state index in [2.05, 4.69) is 5.32 Å². The van der Waals surface area contributed by atoms with E-state index in [0.717, 1.165) is 10.5 Å². The molecule has 1 saturated heterocycles. The first-order valence-corrected chi connectivity index (χ1v) is 8.68. The van der Waals surface area contributed by atoms with Gasteiger partial charge in [-0.2, -0.15) is 0 Å². The SMILES string of the molecule is O=C(CN1C(=O)C(=O)N(Cc2ccccc2)C1=O)NCCc1ccc(F)cc1. The van der Waals surface area contributed by atoms with Gasteiger partial charge in [0, 0.05) is 6.54 Å². The van der Waals surface area contributed by atoms with Crippen molar-refractivity contribution >= 4 is 23.8 Å². The highest BCUT2D eigenvalue weighted by Crippen LogP contribution is 2.15. The minimum atomic E-state index is -1.02. The molecule has 1 aliphatic heterocycles. The molecular weight excluding hydrogens is 365 g/mol. The largest absolute Gasteiger partial charge is 0.354 e. The quantitative estimate of drug-likeness (QED) is 0.580. The molecular formula is C20H18FN3O4. The number of hydrogen-bond donors (Lipinski definition) is 1. The molecule has 28 heavy (non-hydrogen) atoms. The molecule has 0 atom stereocenters. The Labute approximate surface area is 160 Å². The maximum Gasteiger partial charge on any atom is 0.335 e. The summed E-state index contributed by atoms with van der Waals surface area (Å²) in [6.07, 6.45) is 0.465. The molecule has 0 saturated carbocycles. The Morgan fingerprint density at radius 1 is 0.857 bits per heavy atom. The Morgan fingerprint density at radius 2 is 1.50 bits per heavy atom. The fraction of sp³-hybridized carbons (Fsp3) is 0.200. The number of halogens is 1. The van der Waals surface area contributed by atoms with E-state index >= 15 is 0 Å². The van der Waals surface area contributed by atoms with Crippen molar-refractivity contribution in [3.05, 3.63) is 71.5 Å². The van der Waals surface area contributed by atoms with Crippen LogP contribution in [-0.2, 0) is 27.3 Å². The molecule has 0 aliphatic carbocycles. The first-order valence-electron chi connectivity index (χ1n) is 8.68. The number of amides is 5. The molecule has 2 aromatic carbocycles. The van der Waals surface area contributed by atoms with Gasteiger partial charge in [0.25, 0.3) is 0 Å². The van der Waals surface area contributed by atoms with Crippen molar-refractivity contribution in [1.29, 1.82) is 0 Å². The highest BCUT2D eigenvalue weighted by atomic mass is 19.1. The molecule has 1 aliphatic rings. The number of nitrogens with one attached hydrogen (secondary N) is 1. The van der Waals surface area contributed by atoms with Gasteiger partial charge in [0.15, 0.2) is 0 Å². The van der Waals surface area contributed by atoms with Crippen LogP contribution in [0.4, 0.5) is 9.18 Å². The lowest BCUT2D eigenvalue weighted by Gasteiger charge is -2.15. The van der Waals surface area contributed by atoms with Crippen LogP contribution in [-0.4, -0.2) is 46.6 Å². The van der Waals surface area contributed by atoms with E-state index in [4.69, 9.17) is 0 Å². The van der Waals surface area contributed by atoms with E-state index in [1.165, 1.54) is 12.1 Å². The molecule has 1 heterocycles. The predicted molar refractivity (Wildman–Crippen MR) is 97.2 cm³/mol. The van der Waals surface area contributed by atoms with Gasteiger partial charge in [-0.15, -0.1) is 0 Å². The summed E-state index contributed by atoms with van der Waals surface area (Å²) in [4.78, 5) is 50.1. The summed E-state index contributed by atoms with van der Waals surface area (Å²) in [7, 11) is 0. The average molecular weight is 383 g/mol. The normalized spacial score (nSPS) is 14.0. The summed E-state index contributed by atoms with van der Waals surface area (Å²) >= 11 is 0. The number of rotatable bonds is 7. The van der Waals surface area contributed by atoms with Crippen molar-refractivity contribution in [2.45, 2.75) is 13.0 Å². The first-order chi connectivity index (χ1) is 13.5. The van der Waals surface area contributed by atoms with Crippen LogP contribution in [0.15, 0.2) is 54.6 Å². The molecule has 3 rings (SSSR count). The van der Waals surface area contributed by atoms with Gasteiger partial charge >= 0.3 is 17.8 Å². The Bertz CT molecular complexity index is 899. The lowest BCUT2D eigenvalue weighted by molar-refractivity contribution is -0.144. The van der Waals surface area contributed by atoms with Crippen molar-refractivity contribution in [2.24, 2.45) is 0 Å². The lowest BCUT2D eigenvalue weighted by atomic mass is 10.1. The zero-order chi connectivity index (χ0) is 20.1. The number of nitrogens with zero attached hydrogens (tertiary/aromatic N) is 2. The Hall–Kier alpha value is -3.55. The molecule has 144 valence electrons. The van der Waals surface area contributed by atoms with E-state index in [0.29, 0.717) is 16.9 Å². The number of urea groups is 1. The second kappa shape index (κ2) is 8.43. The van der Waals surface area contributed by atoms with Crippen LogP contribution in [0.3, 0.4) is 0 Å². The van der Waals surface area contributed by atoms with Gasteiger partial charge < -0.3 is 5.32 Å². The molecule has 2 aromatic rings. The molecule has 0 radical (unpaired) electrons. The van der Waals surface area contributed by atoms with Crippen molar-refractivity contribution in [1.82, 2.24) is 15.1 Å². The van der Waals surface area contributed by atoms with Gasteiger partial charge in [-0.3, -0.25) is 19.3 Å². The standard InChI is InChI=1S/C20H18FN3O4/c21-16-8-6-14(7-9-16)10-11-22-17(25)13-24-19(27)18(26)23(20(24)28)12-15-4-2-1-3-5-15/h1-9H,10-13H2,(H,22,25). The van der Waals surface area contributed by atoms with Crippen molar-refractivity contribution in [3.8, 4) is 0 Å². The van der Waals surface area contributed by atoms with Crippen LogP contribution in [0.1, 0.15) is 11.1 Å². The summed E-state index contributed by atoms with van der Waals surface area (Å²) in [6, 6.07) is 13.8. The van der Waals surface area contributed by atoms with Gasteiger partial charge in [-0.25, -0.2) is 14.1 Å². The van der Waals surface area contributed by atoms with Crippen molar-refractivity contribution in [3.63, 3.8) is 0 Å². The van der Waals surface area contributed by atoms with Crippen LogP contribution in [0.2, 0.25) is 0 Å². The molecule has 1 N–H and O–H groups in total. The highest BCUT2D eigenvalue weighted by Gasteiger charge is 2.45. The first kappa shape index (κ1) is 19.2. The zero-order valence-electron chi connectivity index (χ0n) is 14.9. The Kier molecular flexibility index (Phi) is 5.78. The van der Waals surface area contributed by atoms with E-state index in [1.54, 1.807) is 42.5 Å². The minimum absolute atomic E-state index is 0.0348. The predicted octanol–water partition coefficient (Wildman–Crippen LogP) is 1.48. The van der Waals surface area contributed by atoms with Gasteiger partial charge in [0.05, 0.1) is 6.54 Å². The van der Waals surface area contributed by atoms with E-state index in [-0.39, 0.29) is 18.9 Å². The van der Waals surface area contributed by atoms with Crippen LogP contribution in [0.25, 0.3) is 0 Å². The number of benzene rings is 2. The molecule has 0 spiro atoms. The molecule has 1 fully saturated rings. The number of carbonyl (C=O) groups is 4. The maximum absolute atomic E-state index is 12.9. The van der Waals surface area contributed by atoms with E-state index in [1.807, 2.05) is 0 Å². The molecule has 8 heteroatoms. The third kappa shape index (κ3) is 4.40. The Morgan fingerprint density at radius 3 is 2.18 bits per heavy atom. The van der Waals surface area contributed by atoms with Crippen LogP contribution < -0.4 is 5.32 Å². The lowest BCUT2D eigenvalue weighted by Crippen LogP contribution is -2.41. The zero-order valence-corrected chi connectivity index (χ0v) is 14.9. The maximum atomic E-state index is 12.9. The number of carbonyl (C=O) groups excluding carboxylic acids is 4. The molecule has 7 nitrogen and oxygen atoms in total. The topological polar surface area (TPSA) is 86.8 Å². The second-order valence-electron chi connectivity index (χ2n) is 6.28. The summed E-state index contributed by atoms with van der Waals surface area (Å²) in [5.74, 6) is -2.87. The van der Waals surface area contributed by atoms with E-state index < -0.39 is 30.3 Å². The number of imide groups is 2. The monoisotopic (exact) mass is 383 g/mol. The summed E-state index contributed by atoms with van der Waals surface area (Å²) in [5, 5.41) is 2.58. The molecule has 5 amide bonds. The van der Waals surface area contributed by atoms with Crippen LogP contribution in [0.5, 0.6) is 0 Å². The third-order valence-electron chi connectivity index (χ3n) is 4.27. The molecule has 0 bridgehead atoms. The summed E-state index contributed by atoms with van der Waals surface area (Å²) < 4.78 is 12.9. The summed E-state index contributed by atoms with van der Waals surface area (Å²) in [6.45, 7) is -0.312. The summed E-state index contributed by atoms with van der Waals surface area (Å²) in [5.41, 5.74) is 1.53. The fourth-order valence-corrected chi connectivity index (χ4v) is 2.79. The van der Waals surface area contributed by atoms with Crippen molar-refractivity contribution < 1.29 is 23.6 Å². The smallest absolute Gasteiger partial charge is 0.335 e. The molecule has 0 aromatic heterocycles. The average Bonchev–Trinajstić information content (AvgIpc) is 2.88. The minimum Gasteiger partial charge on any atom is -0.354 e. The van der Waals surface area contributed by atoms with E-state index in [9.17, 15) is 23.6 Å². The van der Waals surface area contributed by atoms with Gasteiger partial charge in [0.1, 0.15) is 12.4 Å². The van der Waals surface area contributed by atoms with Gasteiger partial charge in [0.2, 0.25) is 5.91 Å². The fourth-order valence-electron chi connectivity index (χ4n) is 2.79. The number of hydrogen-bond acceptors (Lipinski definition) is 4. The van der Waals surface area contributed by atoms with Crippen molar-refractivity contribution in [2.75, 3.05) is 13.1 Å². The highest BCUT2D eigenvalue weighted by molar-refractivity contribution is 6.44. The second-order valence-corrected chi connectivity index (χ2v) is 6.28. The Balaban J connectivity index is 1.53. The van der Waals surface area contributed by atoms with Crippen LogP contribution >= 0.6 is 0 Å².